The molecule has 1 N–H and O–H groups in total. The molecule has 1 aliphatic heterocycles. The van der Waals surface area contributed by atoms with Gasteiger partial charge in [-0.05, 0) is 24.6 Å². The molecular formula is C21H28N2O8S. The number of methoxy groups -OCH3 is 2. The largest absolute Gasteiger partial charge is 0.493 e. The summed E-state index contributed by atoms with van der Waals surface area (Å²) in [5, 5.41) is 2.77. The number of hydrogen-bond donors (Lipinski definition) is 1. The van der Waals surface area contributed by atoms with Gasteiger partial charge in [-0.3, -0.25) is 4.79 Å². The van der Waals surface area contributed by atoms with Crippen molar-refractivity contribution in [2.45, 2.75) is 17.9 Å². The summed E-state index contributed by atoms with van der Waals surface area (Å²) >= 11 is 0. The lowest BCUT2D eigenvalue weighted by Crippen LogP contribution is -2.40. The summed E-state index contributed by atoms with van der Waals surface area (Å²) in [7, 11) is -1.03. The van der Waals surface area contributed by atoms with Gasteiger partial charge in [0.2, 0.25) is 10.0 Å². The lowest BCUT2D eigenvalue weighted by molar-refractivity contribution is 0.0730. The van der Waals surface area contributed by atoms with Crippen LogP contribution in [0, 0.1) is 0 Å². The second-order valence-corrected chi connectivity index (χ2v) is 8.90. The molecule has 0 unspecified atom stereocenters. The fraction of sp³-hybridized carbons (Fsp3) is 0.476. The molecule has 1 aromatic heterocycles. The molecule has 32 heavy (non-hydrogen) atoms. The summed E-state index contributed by atoms with van der Waals surface area (Å²) in [6, 6.07) is 6.28. The fourth-order valence-electron chi connectivity index (χ4n) is 3.23. The zero-order valence-corrected chi connectivity index (χ0v) is 19.0. The molecule has 1 saturated heterocycles. The number of amides is 1. The molecule has 0 aliphatic carbocycles. The highest BCUT2D eigenvalue weighted by Gasteiger charge is 2.30. The second-order valence-electron chi connectivity index (χ2n) is 6.96. The molecule has 10 nitrogen and oxygen atoms in total. The summed E-state index contributed by atoms with van der Waals surface area (Å²) in [6.07, 6.45) is 2.14. The predicted octanol–water partition coefficient (Wildman–Crippen LogP) is 1.65. The standard InChI is InChI=1S/C21H28N2O8S/c1-27-19-14-17(32(25,26)23-7-11-29-12-8-23)13-18(20(19)28-2)21(24)22-6-4-9-30-15-16-5-3-10-31-16/h3,5,10,13-14H,4,6-9,11-12,15H2,1-2H3,(H,22,24). The third-order valence-corrected chi connectivity index (χ3v) is 6.76. The third kappa shape index (κ3) is 5.80. The van der Waals surface area contributed by atoms with Crippen LogP contribution in [-0.4, -0.2) is 72.3 Å². The van der Waals surface area contributed by atoms with Gasteiger partial charge < -0.3 is 28.7 Å². The smallest absolute Gasteiger partial charge is 0.255 e. The number of nitrogens with one attached hydrogen (secondary N) is 1. The zero-order valence-electron chi connectivity index (χ0n) is 18.2. The van der Waals surface area contributed by atoms with Crippen molar-refractivity contribution in [1.82, 2.24) is 9.62 Å². The van der Waals surface area contributed by atoms with Crippen LogP contribution in [0.25, 0.3) is 0 Å². The molecule has 0 saturated carbocycles. The first-order valence-corrected chi connectivity index (χ1v) is 11.6. The third-order valence-electron chi connectivity index (χ3n) is 4.88. The Hall–Kier alpha value is -2.60. The van der Waals surface area contributed by atoms with Gasteiger partial charge in [-0.2, -0.15) is 4.31 Å². The minimum atomic E-state index is -3.82. The van der Waals surface area contributed by atoms with E-state index in [1.54, 1.807) is 12.3 Å². The number of furan rings is 1. The van der Waals surface area contributed by atoms with E-state index < -0.39 is 15.9 Å². The van der Waals surface area contributed by atoms with E-state index in [9.17, 15) is 13.2 Å². The summed E-state index contributed by atoms with van der Waals surface area (Å²) < 4.78 is 54.0. The molecule has 0 bridgehead atoms. The number of ether oxygens (including phenoxy) is 4. The first-order valence-electron chi connectivity index (χ1n) is 10.2. The summed E-state index contributed by atoms with van der Waals surface area (Å²) in [5.74, 6) is 0.586. The molecule has 0 spiro atoms. The average molecular weight is 469 g/mol. The van der Waals surface area contributed by atoms with E-state index in [0.717, 1.165) is 5.76 Å². The second kappa shape index (κ2) is 11.3. The molecule has 1 fully saturated rings. The molecule has 3 rings (SSSR count). The van der Waals surface area contributed by atoms with Gasteiger partial charge in [-0.15, -0.1) is 0 Å². The van der Waals surface area contributed by atoms with Crippen molar-refractivity contribution in [3.05, 3.63) is 41.9 Å². The number of nitrogens with zero attached hydrogens (tertiary/aromatic N) is 1. The Bertz CT molecular complexity index is 985. The van der Waals surface area contributed by atoms with E-state index >= 15 is 0 Å². The Balaban J connectivity index is 1.68. The van der Waals surface area contributed by atoms with E-state index in [0.29, 0.717) is 39.4 Å². The number of morpholine rings is 1. The lowest BCUT2D eigenvalue weighted by Gasteiger charge is -2.26. The summed E-state index contributed by atoms with van der Waals surface area (Å²) in [4.78, 5) is 12.8. The quantitative estimate of drug-likeness (QED) is 0.495. The molecule has 0 atom stereocenters. The lowest BCUT2D eigenvalue weighted by atomic mass is 10.1. The van der Waals surface area contributed by atoms with Gasteiger partial charge in [0.05, 0.1) is 44.2 Å². The maximum atomic E-state index is 13.1. The highest BCUT2D eigenvalue weighted by atomic mass is 32.2. The zero-order chi connectivity index (χ0) is 23.0. The van der Waals surface area contributed by atoms with Crippen LogP contribution >= 0.6 is 0 Å². The first kappa shape index (κ1) is 24.1. The Labute approximate surface area is 187 Å². The Morgan fingerprint density at radius 3 is 2.62 bits per heavy atom. The fourth-order valence-corrected chi connectivity index (χ4v) is 4.68. The van der Waals surface area contributed by atoms with E-state index in [1.165, 1.54) is 30.7 Å². The number of carbonyl (C=O) groups excluding carboxylic acids is 1. The van der Waals surface area contributed by atoms with Crippen LogP contribution < -0.4 is 14.8 Å². The van der Waals surface area contributed by atoms with Crippen LogP contribution in [0.5, 0.6) is 11.5 Å². The highest BCUT2D eigenvalue weighted by Crippen LogP contribution is 2.35. The van der Waals surface area contributed by atoms with Crippen LogP contribution in [0.2, 0.25) is 0 Å². The predicted molar refractivity (Wildman–Crippen MR) is 114 cm³/mol. The number of hydrogen-bond acceptors (Lipinski definition) is 8. The number of rotatable bonds is 11. The molecule has 0 radical (unpaired) electrons. The molecule has 1 amide bonds. The first-order chi connectivity index (χ1) is 15.5. The van der Waals surface area contributed by atoms with E-state index in [2.05, 4.69) is 5.32 Å². The van der Waals surface area contributed by atoms with Crippen LogP contribution in [0.15, 0.2) is 39.8 Å². The van der Waals surface area contributed by atoms with Gasteiger partial charge in [0, 0.05) is 32.3 Å². The highest BCUT2D eigenvalue weighted by molar-refractivity contribution is 7.89. The summed E-state index contributed by atoms with van der Waals surface area (Å²) in [5.41, 5.74) is 0.0789. The molecule has 1 aliphatic rings. The van der Waals surface area contributed by atoms with Gasteiger partial charge >= 0.3 is 0 Å². The maximum Gasteiger partial charge on any atom is 0.255 e. The minimum Gasteiger partial charge on any atom is -0.493 e. The van der Waals surface area contributed by atoms with Gasteiger partial charge in [0.15, 0.2) is 11.5 Å². The minimum absolute atomic E-state index is 0.0380. The molecular weight excluding hydrogens is 440 g/mol. The summed E-state index contributed by atoms with van der Waals surface area (Å²) in [6.45, 7) is 2.25. The van der Waals surface area contributed by atoms with E-state index in [-0.39, 0.29) is 35.0 Å². The monoisotopic (exact) mass is 468 g/mol. The average Bonchev–Trinajstić information content (AvgIpc) is 3.34. The van der Waals surface area contributed by atoms with Crippen molar-refractivity contribution in [1.29, 1.82) is 0 Å². The van der Waals surface area contributed by atoms with Crippen molar-refractivity contribution < 1.29 is 36.6 Å². The Kier molecular flexibility index (Phi) is 8.51. The number of sulfonamides is 1. The topological polar surface area (TPSA) is 117 Å². The van der Waals surface area contributed by atoms with E-state index in [4.69, 9.17) is 23.4 Å². The van der Waals surface area contributed by atoms with Crippen LogP contribution in [0.3, 0.4) is 0 Å². The van der Waals surface area contributed by atoms with Crippen LogP contribution in [-0.2, 0) is 26.1 Å². The normalized spacial score (nSPS) is 14.8. The van der Waals surface area contributed by atoms with Crippen LogP contribution in [0.4, 0.5) is 0 Å². The van der Waals surface area contributed by atoms with Crippen molar-refractivity contribution in [3.8, 4) is 11.5 Å². The molecule has 2 heterocycles. The van der Waals surface area contributed by atoms with Gasteiger partial charge in [-0.25, -0.2) is 8.42 Å². The number of benzene rings is 1. The molecule has 2 aromatic rings. The van der Waals surface area contributed by atoms with Gasteiger partial charge in [-0.1, -0.05) is 0 Å². The van der Waals surface area contributed by atoms with Gasteiger partial charge in [0.1, 0.15) is 12.4 Å². The number of carbonyl (C=O) groups is 1. The Morgan fingerprint density at radius 2 is 1.97 bits per heavy atom. The molecule has 176 valence electrons. The van der Waals surface area contributed by atoms with Crippen molar-refractivity contribution in [2.75, 3.05) is 53.7 Å². The van der Waals surface area contributed by atoms with Crippen molar-refractivity contribution in [2.24, 2.45) is 0 Å². The maximum absolute atomic E-state index is 13.1. The SMILES string of the molecule is COc1cc(S(=O)(=O)N2CCOCC2)cc(C(=O)NCCCOCc2ccco2)c1OC. The van der Waals surface area contributed by atoms with E-state index in [1.807, 2.05) is 6.07 Å². The van der Waals surface area contributed by atoms with Crippen LogP contribution in [0.1, 0.15) is 22.5 Å². The van der Waals surface area contributed by atoms with Crippen molar-refractivity contribution >= 4 is 15.9 Å². The van der Waals surface area contributed by atoms with Crippen molar-refractivity contribution in [3.63, 3.8) is 0 Å². The molecule has 1 aromatic carbocycles. The van der Waals surface area contributed by atoms with Gasteiger partial charge in [0.25, 0.3) is 5.91 Å². The Morgan fingerprint density at radius 1 is 1.19 bits per heavy atom. The molecule has 11 heteroatoms.